The predicted molar refractivity (Wildman–Crippen MR) is 59.0 cm³/mol. The molecule has 1 rings (SSSR count). The van der Waals surface area contributed by atoms with Crippen molar-refractivity contribution < 1.29 is 13.9 Å². The van der Waals surface area contributed by atoms with E-state index in [1.165, 1.54) is 18.2 Å². The quantitative estimate of drug-likeness (QED) is 0.811. The molecular weight excluding hydrogens is 212 g/mol. The van der Waals surface area contributed by atoms with Crippen molar-refractivity contribution in [1.29, 1.82) is 0 Å². The summed E-state index contributed by atoms with van der Waals surface area (Å²) in [5.41, 5.74) is -0.495. The lowest BCUT2D eigenvalue weighted by molar-refractivity contribution is 0.168. The second kappa shape index (κ2) is 5.37. The van der Waals surface area contributed by atoms with Crippen molar-refractivity contribution in [2.24, 2.45) is 0 Å². The third kappa shape index (κ3) is 3.00. The van der Waals surface area contributed by atoms with E-state index in [0.717, 1.165) is 0 Å². The van der Waals surface area contributed by atoms with Gasteiger partial charge in [0.1, 0.15) is 11.6 Å². The molecule has 1 aromatic rings. The van der Waals surface area contributed by atoms with Crippen molar-refractivity contribution >= 4 is 0 Å². The van der Waals surface area contributed by atoms with Crippen molar-refractivity contribution in [3.8, 4) is 0 Å². The Morgan fingerprint density at radius 2 is 1.88 bits per heavy atom. The molecule has 0 amide bonds. The third-order valence-electron chi connectivity index (χ3n) is 2.88. The van der Waals surface area contributed by atoms with Crippen LogP contribution in [-0.2, 0) is 6.54 Å². The number of hydrogen-bond acceptors (Lipinski definition) is 2. The van der Waals surface area contributed by atoms with Gasteiger partial charge in [0.2, 0.25) is 0 Å². The average Bonchev–Trinajstić information content (AvgIpc) is 2.28. The molecule has 0 aliphatic heterocycles. The normalized spacial score (nSPS) is 14.8. The molecule has 1 atom stereocenters. The first kappa shape index (κ1) is 13.1. The van der Waals surface area contributed by atoms with Crippen molar-refractivity contribution in [2.75, 3.05) is 6.61 Å². The average molecular weight is 229 g/mol. The smallest absolute Gasteiger partial charge is 0.130 e. The maximum atomic E-state index is 13.3. The molecule has 0 radical (unpaired) electrons. The molecule has 0 aromatic heterocycles. The first-order chi connectivity index (χ1) is 7.52. The molecule has 1 aromatic carbocycles. The van der Waals surface area contributed by atoms with Gasteiger partial charge in [-0.05, 0) is 25.5 Å². The number of nitrogens with one attached hydrogen (secondary N) is 1. The highest BCUT2D eigenvalue weighted by Gasteiger charge is 2.21. The van der Waals surface area contributed by atoms with Crippen LogP contribution in [-0.4, -0.2) is 17.3 Å². The van der Waals surface area contributed by atoms with Gasteiger partial charge >= 0.3 is 0 Å². The lowest BCUT2D eigenvalue weighted by atomic mass is 10.00. The molecular formula is C12H17F2NO. The van der Waals surface area contributed by atoms with E-state index in [1.54, 1.807) is 0 Å². The van der Waals surface area contributed by atoms with Gasteiger partial charge in [-0.1, -0.05) is 13.0 Å². The van der Waals surface area contributed by atoms with Crippen LogP contribution in [0.3, 0.4) is 0 Å². The summed E-state index contributed by atoms with van der Waals surface area (Å²) in [6.07, 6.45) is 0.680. The topological polar surface area (TPSA) is 32.3 Å². The van der Waals surface area contributed by atoms with Crippen molar-refractivity contribution in [3.05, 3.63) is 35.4 Å². The Labute approximate surface area is 94.3 Å². The van der Waals surface area contributed by atoms with E-state index in [1.807, 2.05) is 13.8 Å². The molecule has 2 N–H and O–H groups in total. The fourth-order valence-corrected chi connectivity index (χ4v) is 1.30. The Bertz CT molecular complexity index is 331. The standard InChI is InChI=1S/C12H17F2NO/c1-3-12(2,8-16)15-7-9-10(13)5-4-6-11(9)14/h4-6,15-16H,3,7-8H2,1-2H3. The Morgan fingerprint density at radius 1 is 1.31 bits per heavy atom. The summed E-state index contributed by atoms with van der Waals surface area (Å²) < 4.78 is 26.6. The molecule has 16 heavy (non-hydrogen) atoms. The largest absolute Gasteiger partial charge is 0.394 e. The lowest BCUT2D eigenvalue weighted by Crippen LogP contribution is -2.44. The molecule has 4 heteroatoms. The van der Waals surface area contributed by atoms with Gasteiger partial charge in [0.05, 0.1) is 6.61 Å². The number of rotatable bonds is 5. The Hall–Kier alpha value is -1.00. The zero-order valence-corrected chi connectivity index (χ0v) is 9.56. The van der Waals surface area contributed by atoms with Gasteiger partial charge in [-0.15, -0.1) is 0 Å². The van der Waals surface area contributed by atoms with Crippen LogP contribution in [0, 0.1) is 11.6 Å². The third-order valence-corrected chi connectivity index (χ3v) is 2.88. The zero-order valence-electron chi connectivity index (χ0n) is 9.56. The van der Waals surface area contributed by atoms with Crippen LogP contribution < -0.4 is 5.32 Å². The Balaban J connectivity index is 2.75. The predicted octanol–water partition coefficient (Wildman–Crippen LogP) is 2.22. The highest BCUT2D eigenvalue weighted by Crippen LogP contribution is 2.14. The first-order valence-electron chi connectivity index (χ1n) is 5.31. The van der Waals surface area contributed by atoms with Crippen molar-refractivity contribution in [1.82, 2.24) is 5.32 Å². The summed E-state index contributed by atoms with van der Waals surface area (Å²) in [6.45, 7) is 3.72. The molecule has 0 fully saturated rings. The van der Waals surface area contributed by atoms with Crippen molar-refractivity contribution in [3.63, 3.8) is 0 Å². The van der Waals surface area contributed by atoms with Gasteiger partial charge in [0.25, 0.3) is 0 Å². The van der Waals surface area contributed by atoms with Crippen LogP contribution in [0.25, 0.3) is 0 Å². The van der Waals surface area contributed by atoms with E-state index in [2.05, 4.69) is 5.32 Å². The minimum atomic E-state index is -0.566. The van der Waals surface area contributed by atoms with E-state index in [4.69, 9.17) is 5.11 Å². The summed E-state index contributed by atoms with van der Waals surface area (Å²) in [5.74, 6) is -1.13. The van der Waals surface area contributed by atoms with Gasteiger partial charge in [-0.3, -0.25) is 0 Å². The molecule has 0 aliphatic carbocycles. The highest BCUT2D eigenvalue weighted by atomic mass is 19.1. The second-order valence-corrected chi connectivity index (χ2v) is 4.13. The number of halogens is 2. The number of aliphatic hydroxyl groups excluding tert-OH is 1. The molecule has 0 spiro atoms. The molecule has 90 valence electrons. The van der Waals surface area contributed by atoms with E-state index < -0.39 is 17.2 Å². The number of benzene rings is 1. The van der Waals surface area contributed by atoms with Gasteiger partial charge in [0, 0.05) is 17.6 Å². The fourth-order valence-electron chi connectivity index (χ4n) is 1.30. The van der Waals surface area contributed by atoms with Crippen LogP contribution in [0.4, 0.5) is 8.78 Å². The summed E-state index contributed by atoms with van der Waals surface area (Å²) in [5, 5.41) is 12.1. The monoisotopic (exact) mass is 229 g/mol. The number of hydrogen-bond donors (Lipinski definition) is 2. The maximum absolute atomic E-state index is 13.3. The molecule has 0 aliphatic rings. The van der Waals surface area contributed by atoms with Gasteiger partial charge in [0.15, 0.2) is 0 Å². The Morgan fingerprint density at radius 3 is 2.31 bits per heavy atom. The highest BCUT2D eigenvalue weighted by molar-refractivity contribution is 5.19. The van der Waals surface area contributed by atoms with E-state index in [-0.39, 0.29) is 18.7 Å². The summed E-state index contributed by atoms with van der Waals surface area (Å²) in [4.78, 5) is 0. The first-order valence-corrected chi connectivity index (χ1v) is 5.31. The Kier molecular flexibility index (Phi) is 4.38. The van der Waals surface area contributed by atoms with Gasteiger partial charge in [-0.25, -0.2) is 8.78 Å². The van der Waals surface area contributed by atoms with Crippen LogP contribution in [0.2, 0.25) is 0 Å². The van der Waals surface area contributed by atoms with E-state index >= 15 is 0 Å². The summed E-state index contributed by atoms with van der Waals surface area (Å²) in [6, 6.07) is 3.78. The summed E-state index contributed by atoms with van der Waals surface area (Å²) >= 11 is 0. The van der Waals surface area contributed by atoms with E-state index in [0.29, 0.717) is 6.42 Å². The maximum Gasteiger partial charge on any atom is 0.130 e. The number of aliphatic hydroxyl groups is 1. The molecule has 0 saturated heterocycles. The van der Waals surface area contributed by atoms with Crippen LogP contribution >= 0.6 is 0 Å². The summed E-state index contributed by atoms with van der Waals surface area (Å²) in [7, 11) is 0. The van der Waals surface area contributed by atoms with Crippen LogP contribution in [0.5, 0.6) is 0 Å². The SMILES string of the molecule is CCC(C)(CO)NCc1c(F)cccc1F. The van der Waals surface area contributed by atoms with Gasteiger partial charge < -0.3 is 10.4 Å². The fraction of sp³-hybridized carbons (Fsp3) is 0.500. The molecule has 0 heterocycles. The minimum Gasteiger partial charge on any atom is -0.394 e. The second-order valence-electron chi connectivity index (χ2n) is 4.13. The molecule has 0 bridgehead atoms. The van der Waals surface area contributed by atoms with Crippen molar-refractivity contribution in [2.45, 2.75) is 32.4 Å². The van der Waals surface area contributed by atoms with Gasteiger partial charge in [-0.2, -0.15) is 0 Å². The van der Waals surface area contributed by atoms with Crippen LogP contribution in [0.15, 0.2) is 18.2 Å². The zero-order chi connectivity index (χ0) is 12.2. The minimum absolute atomic E-state index is 0.00984. The lowest BCUT2D eigenvalue weighted by Gasteiger charge is -2.27. The molecule has 1 unspecified atom stereocenters. The molecule has 2 nitrogen and oxygen atoms in total. The van der Waals surface area contributed by atoms with Crippen LogP contribution in [0.1, 0.15) is 25.8 Å². The molecule has 0 saturated carbocycles. The van der Waals surface area contributed by atoms with E-state index in [9.17, 15) is 8.78 Å².